The van der Waals surface area contributed by atoms with Crippen molar-refractivity contribution in [1.82, 2.24) is 29.8 Å². The first-order valence-electron chi connectivity index (χ1n) is 10.7. The number of aromatic nitrogens is 5. The van der Waals surface area contributed by atoms with Gasteiger partial charge >= 0.3 is 0 Å². The Kier molecular flexibility index (Phi) is 5.61. The van der Waals surface area contributed by atoms with Crippen molar-refractivity contribution in [3.8, 4) is 22.5 Å². The molecule has 7 heteroatoms. The summed E-state index contributed by atoms with van der Waals surface area (Å²) < 4.78 is 0. The van der Waals surface area contributed by atoms with Gasteiger partial charge in [-0.3, -0.25) is 19.7 Å². The second kappa shape index (κ2) is 9.01. The van der Waals surface area contributed by atoms with Crippen molar-refractivity contribution in [3.63, 3.8) is 0 Å². The number of hydrogen-bond donors (Lipinski definition) is 0. The lowest BCUT2D eigenvalue weighted by Crippen LogP contribution is -2.39. The van der Waals surface area contributed by atoms with Crippen molar-refractivity contribution in [2.24, 2.45) is 0 Å². The van der Waals surface area contributed by atoms with Gasteiger partial charge in [-0.05, 0) is 54.8 Å². The molecule has 1 aliphatic rings. The minimum Gasteiger partial charge on any atom is -0.338 e. The van der Waals surface area contributed by atoms with Crippen molar-refractivity contribution >= 4 is 5.91 Å². The molecule has 32 heavy (non-hydrogen) atoms. The zero-order valence-electron chi connectivity index (χ0n) is 17.5. The highest BCUT2D eigenvalue weighted by Crippen LogP contribution is 2.34. The Labute approximate surface area is 186 Å². The molecule has 4 aromatic rings. The van der Waals surface area contributed by atoms with E-state index in [1.54, 1.807) is 49.3 Å². The van der Waals surface area contributed by atoms with Crippen LogP contribution in [-0.2, 0) is 0 Å². The molecule has 1 amide bonds. The van der Waals surface area contributed by atoms with E-state index in [1.165, 1.54) is 0 Å². The average molecular weight is 422 g/mol. The van der Waals surface area contributed by atoms with Crippen LogP contribution in [0, 0.1) is 0 Å². The number of carbonyl (C=O) groups is 1. The summed E-state index contributed by atoms with van der Waals surface area (Å²) in [4.78, 5) is 36.9. The third-order valence-electron chi connectivity index (χ3n) is 5.77. The Bertz CT molecular complexity index is 1200. The molecule has 1 atom stereocenters. The van der Waals surface area contributed by atoms with Gasteiger partial charge in [-0.25, -0.2) is 9.97 Å². The maximum atomic E-state index is 13.1. The predicted molar refractivity (Wildman–Crippen MR) is 121 cm³/mol. The summed E-state index contributed by atoms with van der Waals surface area (Å²) in [5, 5.41) is 0. The highest BCUT2D eigenvalue weighted by Gasteiger charge is 2.28. The minimum absolute atomic E-state index is 0.0333. The molecule has 0 aliphatic carbocycles. The van der Waals surface area contributed by atoms with Crippen LogP contribution in [0.4, 0.5) is 0 Å². The minimum atomic E-state index is 0.0333. The van der Waals surface area contributed by atoms with E-state index in [1.807, 2.05) is 35.4 Å². The lowest BCUT2D eigenvalue weighted by Gasteiger charge is -2.33. The Morgan fingerprint density at radius 1 is 0.844 bits per heavy atom. The molecule has 158 valence electrons. The molecule has 0 saturated carbocycles. The topological polar surface area (TPSA) is 84.8 Å². The number of nitrogens with zero attached hydrogens (tertiary/aromatic N) is 6. The smallest absolute Gasteiger partial charge is 0.253 e. The van der Waals surface area contributed by atoms with Gasteiger partial charge in [0.25, 0.3) is 5.91 Å². The van der Waals surface area contributed by atoms with Crippen LogP contribution in [0.2, 0.25) is 0 Å². The molecular weight excluding hydrogens is 400 g/mol. The maximum absolute atomic E-state index is 13.1. The first kappa shape index (κ1) is 19.9. The number of amides is 1. The van der Waals surface area contributed by atoms with E-state index in [0.717, 1.165) is 41.8 Å². The van der Waals surface area contributed by atoms with Crippen LogP contribution in [0.1, 0.15) is 34.8 Å². The SMILES string of the molecule is O=C(c1ccncc1)N1CCCC(c2nc(-c3ccncc3)ncc2-c2ccncc2)C1. The molecule has 1 unspecified atom stereocenters. The van der Waals surface area contributed by atoms with Crippen LogP contribution in [0.5, 0.6) is 0 Å². The molecule has 7 nitrogen and oxygen atoms in total. The number of hydrogen-bond acceptors (Lipinski definition) is 6. The highest BCUT2D eigenvalue weighted by molar-refractivity contribution is 5.94. The summed E-state index contributed by atoms with van der Waals surface area (Å²) in [6, 6.07) is 11.3. The van der Waals surface area contributed by atoms with Crippen molar-refractivity contribution in [3.05, 3.63) is 91.0 Å². The van der Waals surface area contributed by atoms with Crippen LogP contribution in [0.3, 0.4) is 0 Å². The van der Waals surface area contributed by atoms with Gasteiger partial charge in [0.15, 0.2) is 5.82 Å². The molecule has 5 rings (SSSR count). The molecule has 1 saturated heterocycles. The Morgan fingerprint density at radius 2 is 1.47 bits per heavy atom. The highest BCUT2D eigenvalue weighted by atomic mass is 16.2. The number of carbonyl (C=O) groups excluding carboxylic acids is 1. The largest absolute Gasteiger partial charge is 0.338 e. The number of likely N-dealkylation sites (tertiary alicyclic amines) is 1. The van der Waals surface area contributed by atoms with E-state index in [4.69, 9.17) is 4.98 Å². The standard InChI is InChI=1S/C25H22N6O/c32-25(20-7-13-28-14-8-20)31-15-1-2-21(17-31)23-22(18-3-9-26-10-4-18)16-29-24(30-23)19-5-11-27-12-6-19/h3-14,16,21H,1-2,15,17H2. The Hall–Kier alpha value is -4.00. The van der Waals surface area contributed by atoms with Crippen molar-refractivity contribution in [2.45, 2.75) is 18.8 Å². The van der Waals surface area contributed by atoms with Crippen molar-refractivity contribution in [1.29, 1.82) is 0 Å². The number of rotatable bonds is 4. The summed E-state index contributed by atoms with van der Waals surface area (Å²) in [6.45, 7) is 1.36. The van der Waals surface area contributed by atoms with Crippen LogP contribution < -0.4 is 0 Å². The van der Waals surface area contributed by atoms with Gasteiger partial charge in [0.1, 0.15) is 0 Å². The molecule has 0 spiro atoms. The molecule has 1 fully saturated rings. The summed E-state index contributed by atoms with van der Waals surface area (Å²) in [5.74, 6) is 0.810. The van der Waals surface area contributed by atoms with Crippen LogP contribution in [-0.4, -0.2) is 48.8 Å². The third kappa shape index (κ3) is 4.09. The van der Waals surface area contributed by atoms with Gasteiger partial charge in [0, 0.05) is 79.1 Å². The number of piperidine rings is 1. The average Bonchev–Trinajstić information content (AvgIpc) is 2.89. The molecule has 1 aliphatic heterocycles. The molecular formula is C25H22N6O. The molecule has 0 N–H and O–H groups in total. The van der Waals surface area contributed by atoms with Gasteiger partial charge in [0.2, 0.25) is 0 Å². The van der Waals surface area contributed by atoms with Gasteiger partial charge in [-0.1, -0.05) is 0 Å². The van der Waals surface area contributed by atoms with Gasteiger partial charge in [-0.2, -0.15) is 0 Å². The molecule has 0 radical (unpaired) electrons. The van der Waals surface area contributed by atoms with E-state index in [-0.39, 0.29) is 11.8 Å². The normalized spacial score (nSPS) is 16.0. The maximum Gasteiger partial charge on any atom is 0.253 e. The summed E-state index contributed by atoms with van der Waals surface area (Å²) in [7, 11) is 0. The van der Waals surface area contributed by atoms with Crippen LogP contribution in [0.25, 0.3) is 22.5 Å². The third-order valence-corrected chi connectivity index (χ3v) is 5.77. The second-order valence-electron chi connectivity index (χ2n) is 7.79. The monoisotopic (exact) mass is 422 g/mol. The zero-order valence-corrected chi connectivity index (χ0v) is 17.5. The van der Waals surface area contributed by atoms with E-state index in [2.05, 4.69) is 19.9 Å². The molecule has 0 aromatic carbocycles. The molecule has 4 aromatic heterocycles. The predicted octanol–water partition coefficient (Wildman–Crippen LogP) is 4.02. The van der Waals surface area contributed by atoms with E-state index >= 15 is 0 Å². The first-order chi connectivity index (χ1) is 15.8. The fourth-order valence-corrected chi connectivity index (χ4v) is 4.16. The Morgan fingerprint density at radius 3 is 2.16 bits per heavy atom. The lowest BCUT2D eigenvalue weighted by molar-refractivity contribution is 0.0706. The summed E-state index contributed by atoms with van der Waals surface area (Å²) in [5.41, 5.74) is 4.55. The zero-order chi connectivity index (χ0) is 21.8. The van der Waals surface area contributed by atoms with Gasteiger partial charge < -0.3 is 4.90 Å². The molecule has 5 heterocycles. The fraction of sp³-hybridized carbons (Fsp3) is 0.200. The summed E-state index contributed by atoms with van der Waals surface area (Å²) in [6.07, 6.45) is 14.1. The van der Waals surface area contributed by atoms with Crippen LogP contribution in [0.15, 0.2) is 79.8 Å². The lowest BCUT2D eigenvalue weighted by atomic mass is 9.89. The quantitative estimate of drug-likeness (QED) is 0.494. The molecule has 0 bridgehead atoms. The van der Waals surface area contributed by atoms with E-state index in [9.17, 15) is 4.79 Å². The number of pyridine rings is 3. The van der Waals surface area contributed by atoms with Gasteiger partial charge in [-0.15, -0.1) is 0 Å². The van der Waals surface area contributed by atoms with E-state index in [0.29, 0.717) is 17.9 Å². The first-order valence-corrected chi connectivity index (χ1v) is 10.7. The Balaban J connectivity index is 1.52. The second-order valence-corrected chi connectivity index (χ2v) is 7.79. The van der Waals surface area contributed by atoms with Crippen molar-refractivity contribution < 1.29 is 4.79 Å². The van der Waals surface area contributed by atoms with Crippen LogP contribution >= 0.6 is 0 Å². The van der Waals surface area contributed by atoms with E-state index < -0.39 is 0 Å². The van der Waals surface area contributed by atoms with Gasteiger partial charge in [0.05, 0.1) is 5.69 Å². The van der Waals surface area contributed by atoms with Crippen molar-refractivity contribution in [2.75, 3.05) is 13.1 Å². The summed E-state index contributed by atoms with van der Waals surface area (Å²) >= 11 is 0. The fourth-order valence-electron chi connectivity index (χ4n) is 4.16.